The fourth-order valence-electron chi connectivity index (χ4n) is 1.79. The number of rotatable bonds is 4. The summed E-state index contributed by atoms with van der Waals surface area (Å²) in [5.74, 6) is 0.894. The van der Waals surface area contributed by atoms with Crippen LogP contribution in [-0.4, -0.2) is 31.0 Å². The van der Waals surface area contributed by atoms with Gasteiger partial charge in [-0.1, -0.05) is 12.1 Å². The SMILES string of the molecule is CSc1ccccc1Nc1nc(N)nc(-n2cccn2)n1. The molecule has 0 amide bonds. The van der Waals surface area contributed by atoms with Crippen molar-refractivity contribution in [1.82, 2.24) is 24.7 Å². The van der Waals surface area contributed by atoms with Crippen LogP contribution in [0.1, 0.15) is 0 Å². The normalized spacial score (nSPS) is 10.5. The number of anilines is 3. The van der Waals surface area contributed by atoms with Gasteiger partial charge >= 0.3 is 0 Å². The maximum atomic E-state index is 5.74. The zero-order valence-corrected chi connectivity index (χ0v) is 12.1. The van der Waals surface area contributed by atoms with Gasteiger partial charge in [-0.15, -0.1) is 11.8 Å². The van der Waals surface area contributed by atoms with E-state index in [4.69, 9.17) is 5.73 Å². The summed E-state index contributed by atoms with van der Waals surface area (Å²) >= 11 is 1.64. The first-order chi connectivity index (χ1) is 10.3. The van der Waals surface area contributed by atoms with Gasteiger partial charge in [-0.3, -0.25) is 0 Å². The molecule has 0 bridgehead atoms. The average molecular weight is 299 g/mol. The highest BCUT2D eigenvalue weighted by atomic mass is 32.2. The van der Waals surface area contributed by atoms with Gasteiger partial charge < -0.3 is 11.1 Å². The topological polar surface area (TPSA) is 94.5 Å². The van der Waals surface area contributed by atoms with E-state index in [9.17, 15) is 0 Å². The standard InChI is InChI=1S/C13H13N7S/c1-21-10-6-3-2-5-9(10)16-12-17-11(14)18-13(19-12)20-8-4-7-15-20/h2-8H,1H3,(H3,14,16,17,18,19). The van der Waals surface area contributed by atoms with E-state index in [2.05, 4.69) is 25.4 Å². The molecule has 2 aromatic heterocycles. The second kappa shape index (κ2) is 5.80. The van der Waals surface area contributed by atoms with Crippen molar-refractivity contribution >= 4 is 29.3 Å². The smallest absolute Gasteiger partial charge is 0.257 e. The van der Waals surface area contributed by atoms with Crippen molar-refractivity contribution in [3.63, 3.8) is 0 Å². The average Bonchev–Trinajstić information content (AvgIpc) is 3.01. The second-order valence-electron chi connectivity index (χ2n) is 4.09. The van der Waals surface area contributed by atoms with Crippen LogP contribution in [-0.2, 0) is 0 Å². The quantitative estimate of drug-likeness (QED) is 0.712. The Balaban J connectivity index is 1.96. The summed E-state index contributed by atoms with van der Waals surface area (Å²) < 4.78 is 1.53. The Bertz CT molecular complexity index is 742. The lowest BCUT2D eigenvalue weighted by Crippen LogP contribution is -2.09. The molecule has 3 rings (SSSR count). The molecule has 0 saturated carbocycles. The largest absolute Gasteiger partial charge is 0.368 e. The van der Waals surface area contributed by atoms with E-state index in [1.807, 2.05) is 30.5 Å². The Hall–Kier alpha value is -2.61. The first-order valence-electron chi connectivity index (χ1n) is 6.18. The van der Waals surface area contributed by atoms with Crippen LogP contribution in [0.15, 0.2) is 47.6 Å². The summed E-state index contributed by atoms with van der Waals surface area (Å²) in [6.07, 6.45) is 5.40. The van der Waals surface area contributed by atoms with Crippen molar-refractivity contribution in [1.29, 1.82) is 0 Å². The fourth-order valence-corrected chi connectivity index (χ4v) is 2.35. The molecular weight excluding hydrogens is 286 g/mol. The number of nitrogens with one attached hydrogen (secondary N) is 1. The van der Waals surface area contributed by atoms with Crippen molar-refractivity contribution in [2.24, 2.45) is 0 Å². The molecule has 1 aromatic carbocycles. The highest BCUT2D eigenvalue weighted by Gasteiger charge is 2.08. The van der Waals surface area contributed by atoms with Crippen molar-refractivity contribution in [3.8, 4) is 5.95 Å². The Morgan fingerprint density at radius 3 is 2.76 bits per heavy atom. The van der Waals surface area contributed by atoms with Gasteiger partial charge in [-0.2, -0.15) is 20.1 Å². The summed E-state index contributed by atoms with van der Waals surface area (Å²) in [4.78, 5) is 13.6. The van der Waals surface area contributed by atoms with E-state index in [-0.39, 0.29) is 5.95 Å². The van der Waals surface area contributed by atoms with Crippen LogP contribution in [0.4, 0.5) is 17.6 Å². The first kappa shape index (κ1) is 13.4. The molecule has 3 N–H and O–H groups in total. The molecule has 0 atom stereocenters. The minimum absolute atomic E-state index is 0.139. The van der Waals surface area contributed by atoms with E-state index in [1.165, 1.54) is 4.68 Å². The van der Waals surface area contributed by atoms with E-state index in [1.54, 1.807) is 30.2 Å². The molecule has 0 saturated heterocycles. The third-order valence-electron chi connectivity index (χ3n) is 2.70. The maximum Gasteiger partial charge on any atom is 0.257 e. The highest BCUT2D eigenvalue weighted by molar-refractivity contribution is 7.98. The fraction of sp³-hybridized carbons (Fsp3) is 0.0769. The molecule has 8 heteroatoms. The number of nitrogens with two attached hydrogens (primary N) is 1. The van der Waals surface area contributed by atoms with Crippen LogP contribution >= 0.6 is 11.8 Å². The molecule has 2 heterocycles. The van der Waals surface area contributed by atoms with E-state index < -0.39 is 0 Å². The monoisotopic (exact) mass is 299 g/mol. The van der Waals surface area contributed by atoms with Crippen molar-refractivity contribution < 1.29 is 0 Å². The Kier molecular flexibility index (Phi) is 3.69. The molecule has 7 nitrogen and oxygen atoms in total. The number of hydrogen-bond acceptors (Lipinski definition) is 7. The second-order valence-corrected chi connectivity index (χ2v) is 4.94. The minimum atomic E-state index is 0.139. The molecule has 3 aromatic rings. The number of thioether (sulfide) groups is 1. The number of para-hydroxylation sites is 1. The molecule has 0 spiro atoms. The van der Waals surface area contributed by atoms with Crippen LogP contribution in [0.5, 0.6) is 0 Å². The van der Waals surface area contributed by atoms with Gasteiger partial charge in [0.2, 0.25) is 11.9 Å². The molecule has 0 aliphatic rings. The van der Waals surface area contributed by atoms with Crippen molar-refractivity contribution in [2.75, 3.05) is 17.3 Å². The summed E-state index contributed by atoms with van der Waals surface area (Å²) in [5.41, 5.74) is 6.66. The summed E-state index contributed by atoms with van der Waals surface area (Å²) in [5, 5.41) is 7.25. The van der Waals surface area contributed by atoms with Crippen molar-refractivity contribution in [2.45, 2.75) is 4.90 Å². The predicted molar refractivity (Wildman–Crippen MR) is 82.9 cm³/mol. The summed E-state index contributed by atoms with van der Waals surface area (Å²) in [6, 6.07) is 9.69. The van der Waals surface area contributed by atoms with Gasteiger partial charge in [0.05, 0.1) is 5.69 Å². The molecular formula is C13H13N7S. The van der Waals surface area contributed by atoms with Gasteiger partial charge in [-0.25, -0.2) is 4.68 Å². The van der Waals surface area contributed by atoms with Crippen LogP contribution < -0.4 is 11.1 Å². The third-order valence-corrected chi connectivity index (χ3v) is 3.50. The lowest BCUT2D eigenvalue weighted by atomic mass is 10.3. The maximum absolute atomic E-state index is 5.74. The Labute approximate surface area is 125 Å². The van der Waals surface area contributed by atoms with Crippen molar-refractivity contribution in [3.05, 3.63) is 42.7 Å². The summed E-state index contributed by atoms with van der Waals surface area (Å²) in [6.45, 7) is 0. The summed E-state index contributed by atoms with van der Waals surface area (Å²) in [7, 11) is 0. The van der Waals surface area contributed by atoms with Gasteiger partial charge in [0.15, 0.2) is 0 Å². The zero-order valence-electron chi connectivity index (χ0n) is 11.3. The number of hydrogen-bond donors (Lipinski definition) is 2. The number of nitrogen functional groups attached to an aromatic ring is 1. The molecule has 0 fully saturated rings. The lowest BCUT2D eigenvalue weighted by molar-refractivity contribution is 0.801. The first-order valence-corrected chi connectivity index (χ1v) is 7.40. The number of benzene rings is 1. The van der Waals surface area contributed by atoms with Crippen LogP contribution in [0, 0.1) is 0 Å². The van der Waals surface area contributed by atoms with Gasteiger partial charge in [-0.05, 0) is 24.5 Å². The molecule has 21 heavy (non-hydrogen) atoms. The van der Waals surface area contributed by atoms with Crippen LogP contribution in [0.25, 0.3) is 5.95 Å². The molecule has 0 aliphatic heterocycles. The van der Waals surface area contributed by atoms with Gasteiger partial charge in [0.25, 0.3) is 5.95 Å². The third kappa shape index (κ3) is 2.95. The van der Waals surface area contributed by atoms with Crippen LogP contribution in [0.2, 0.25) is 0 Å². The number of nitrogens with zero attached hydrogens (tertiary/aromatic N) is 5. The number of aromatic nitrogens is 5. The molecule has 106 valence electrons. The Morgan fingerprint density at radius 2 is 2.00 bits per heavy atom. The lowest BCUT2D eigenvalue weighted by Gasteiger charge is -2.10. The van der Waals surface area contributed by atoms with Gasteiger partial charge in [0, 0.05) is 17.3 Å². The minimum Gasteiger partial charge on any atom is -0.368 e. The van der Waals surface area contributed by atoms with E-state index in [0.717, 1.165) is 10.6 Å². The molecule has 0 unspecified atom stereocenters. The highest BCUT2D eigenvalue weighted by Crippen LogP contribution is 2.26. The van der Waals surface area contributed by atoms with E-state index in [0.29, 0.717) is 11.9 Å². The molecule has 0 radical (unpaired) electrons. The molecule has 0 aliphatic carbocycles. The van der Waals surface area contributed by atoms with Gasteiger partial charge in [0.1, 0.15) is 0 Å². The van der Waals surface area contributed by atoms with E-state index >= 15 is 0 Å². The predicted octanol–water partition coefficient (Wildman–Crippen LogP) is 2.10. The van der Waals surface area contributed by atoms with Crippen LogP contribution in [0.3, 0.4) is 0 Å². The zero-order chi connectivity index (χ0) is 14.7. The Morgan fingerprint density at radius 1 is 1.14 bits per heavy atom.